The Morgan fingerprint density at radius 3 is 2.84 bits per heavy atom. The van der Waals surface area contributed by atoms with Gasteiger partial charge < -0.3 is 5.32 Å². The van der Waals surface area contributed by atoms with Crippen molar-refractivity contribution in [2.45, 2.75) is 45.7 Å². The Balaban J connectivity index is 1.88. The van der Waals surface area contributed by atoms with E-state index in [4.69, 9.17) is 0 Å². The number of hydrogen-bond donors (Lipinski definition) is 1. The SMILES string of the molecule is CC(C)n1cc2ccc([C@@H]3CC[C@@H](C)CN3)cc2n1. The highest BCUT2D eigenvalue weighted by Gasteiger charge is 2.19. The minimum Gasteiger partial charge on any atom is -0.310 e. The van der Waals surface area contributed by atoms with Crippen LogP contribution in [0.3, 0.4) is 0 Å². The molecule has 0 spiro atoms. The van der Waals surface area contributed by atoms with E-state index in [0.717, 1.165) is 18.0 Å². The molecule has 19 heavy (non-hydrogen) atoms. The van der Waals surface area contributed by atoms with Crippen LogP contribution in [0, 0.1) is 5.92 Å². The third-order valence-electron chi connectivity index (χ3n) is 4.14. The fourth-order valence-electron chi connectivity index (χ4n) is 2.82. The summed E-state index contributed by atoms with van der Waals surface area (Å²) >= 11 is 0. The van der Waals surface area contributed by atoms with E-state index in [-0.39, 0.29) is 0 Å². The fraction of sp³-hybridized carbons (Fsp3) is 0.562. The number of nitrogens with zero attached hydrogens (tertiary/aromatic N) is 2. The van der Waals surface area contributed by atoms with Gasteiger partial charge in [0, 0.05) is 23.7 Å². The first kappa shape index (κ1) is 12.7. The summed E-state index contributed by atoms with van der Waals surface area (Å²) in [7, 11) is 0. The largest absolute Gasteiger partial charge is 0.310 e. The predicted octanol–water partition coefficient (Wildman–Crippen LogP) is 3.68. The molecule has 0 amide bonds. The smallest absolute Gasteiger partial charge is 0.0926 e. The third-order valence-corrected chi connectivity index (χ3v) is 4.14. The molecular formula is C16H23N3. The van der Waals surface area contributed by atoms with Gasteiger partial charge >= 0.3 is 0 Å². The molecule has 3 rings (SSSR count). The van der Waals surface area contributed by atoms with E-state index in [2.05, 4.69) is 55.6 Å². The molecule has 1 fully saturated rings. The zero-order chi connectivity index (χ0) is 13.4. The Morgan fingerprint density at radius 1 is 1.32 bits per heavy atom. The van der Waals surface area contributed by atoms with Gasteiger partial charge in [-0.2, -0.15) is 5.10 Å². The third kappa shape index (κ3) is 2.52. The molecule has 1 aliphatic rings. The normalized spacial score (nSPS) is 24.2. The van der Waals surface area contributed by atoms with Crippen LogP contribution in [0.15, 0.2) is 24.4 Å². The molecule has 0 bridgehead atoms. The van der Waals surface area contributed by atoms with Gasteiger partial charge in [0.05, 0.1) is 5.52 Å². The summed E-state index contributed by atoms with van der Waals surface area (Å²) in [5, 5.41) is 9.55. The maximum Gasteiger partial charge on any atom is 0.0926 e. The summed E-state index contributed by atoms with van der Waals surface area (Å²) < 4.78 is 2.05. The minimum atomic E-state index is 0.421. The Hall–Kier alpha value is -1.35. The van der Waals surface area contributed by atoms with Crippen LogP contribution in [-0.4, -0.2) is 16.3 Å². The van der Waals surface area contributed by atoms with Crippen molar-refractivity contribution in [3.05, 3.63) is 30.0 Å². The molecule has 2 atom stereocenters. The lowest BCUT2D eigenvalue weighted by Crippen LogP contribution is -2.31. The van der Waals surface area contributed by atoms with Crippen molar-refractivity contribution >= 4 is 10.9 Å². The van der Waals surface area contributed by atoms with E-state index >= 15 is 0 Å². The van der Waals surface area contributed by atoms with Gasteiger partial charge in [0.2, 0.25) is 0 Å². The van der Waals surface area contributed by atoms with Crippen LogP contribution in [-0.2, 0) is 0 Å². The zero-order valence-electron chi connectivity index (χ0n) is 12.1. The summed E-state index contributed by atoms with van der Waals surface area (Å²) in [5.74, 6) is 0.806. The first-order valence-corrected chi connectivity index (χ1v) is 7.35. The van der Waals surface area contributed by atoms with Gasteiger partial charge in [-0.05, 0) is 50.8 Å². The van der Waals surface area contributed by atoms with Gasteiger partial charge in [-0.25, -0.2) is 0 Å². The topological polar surface area (TPSA) is 29.9 Å². The summed E-state index contributed by atoms with van der Waals surface area (Å²) in [6, 6.07) is 7.63. The number of hydrogen-bond acceptors (Lipinski definition) is 2. The Morgan fingerprint density at radius 2 is 2.16 bits per heavy atom. The highest BCUT2D eigenvalue weighted by atomic mass is 15.3. The molecule has 1 aromatic carbocycles. The number of rotatable bonds is 2. The Labute approximate surface area is 115 Å². The second-order valence-corrected chi connectivity index (χ2v) is 6.16. The molecule has 0 unspecified atom stereocenters. The standard InChI is InChI=1S/C16H23N3/c1-11(2)19-10-14-6-5-13(8-16(14)18-19)15-7-4-12(3)9-17-15/h5-6,8,10-12,15,17H,4,7,9H2,1-3H3/t12-,15+/m1/s1. The van der Waals surface area contributed by atoms with Crippen molar-refractivity contribution in [3.8, 4) is 0 Å². The van der Waals surface area contributed by atoms with Crippen molar-refractivity contribution < 1.29 is 0 Å². The lowest BCUT2D eigenvalue weighted by Gasteiger charge is -2.28. The van der Waals surface area contributed by atoms with E-state index in [1.165, 1.54) is 23.8 Å². The van der Waals surface area contributed by atoms with Crippen molar-refractivity contribution in [2.24, 2.45) is 5.92 Å². The Bertz CT molecular complexity index is 562. The second kappa shape index (κ2) is 4.97. The predicted molar refractivity (Wildman–Crippen MR) is 79.3 cm³/mol. The summed E-state index contributed by atoms with van der Waals surface area (Å²) in [4.78, 5) is 0. The zero-order valence-corrected chi connectivity index (χ0v) is 12.1. The lowest BCUT2D eigenvalue weighted by molar-refractivity contribution is 0.333. The number of nitrogens with one attached hydrogen (secondary N) is 1. The molecule has 3 heteroatoms. The van der Waals surface area contributed by atoms with Crippen LogP contribution in [0.2, 0.25) is 0 Å². The van der Waals surface area contributed by atoms with Crippen LogP contribution in [0.1, 0.15) is 51.3 Å². The molecule has 2 heterocycles. The molecular weight excluding hydrogens is 234 g/mol. The number of fused-ring (bicyclic) bond motifs is 1. The fourth-order valence-corrected chi connectivity index (χ4v) is 2.82. The van der Waals surface area contributed by atoms with Crippen LogP contribution in [0.5, 0.6) is 0 Å². The molecule has 3 nitrogen and oxygen atoms in total. The number of piperidine rings is 1. The van der Waals surface area contributed by atoms with Crippen molar-refractivity contribution in [3.63, 3.8) is 0 Å². The van der Waals surface area contributed by atoms with Crippen LogP contribution in [0.4, 0.5) is 0 Å². The molecule has 0 saturated carbocycles. The van der Waals surface area contributed by atoms with E-state index in [1.807, 2.05) is 4.68 Å². The molecule has 1 saturated heterocycles. The highest BCUT2D eigenvalue weighted by molar-refractivity contribution is 5.78. The summed E-state index contributed by atoms with van der Waals surface area (Å²) in [5.41, 5.74) is 2.50. The molecule has 2 aromatic rings. The van der Waals surface area contributed by atoms with Gasteiger partial charge in [-0.3, -0.25) is 4.68 Å². The molecule has 1 aromatic heterocycles. The number of aromatic nitrogens is 2. The second-order valence-electron chi connectivity index (χ2n) is 6.16. The average Bonchev–Trinajstić information content (AvgIpc) is 2.82. The highest BCUT2D eigenvalue weighted by Crippen LogP contribution is 2.27. The van der Waals surface area contributed by atoms with E-state index in [0.29, 0.717) is 12.1 Å². The van der Waals surface area contributed by atoms with E-state index < -0.39 is 0 Å². The van der Waals surface area contributed by atoms with Gasteiger partial charge in [-0.1, -0.05) is 19.1 Å². The van der Waals surface area contributed by atoms with Crippen molar-refractivity contribution in [1.29, 1.82) is 0 Å². The van der Waals surface area contributed by atoms with Crippen molar-refractivity contribution in [2.75, 3.05) is 6.54 Å². The molecule has 1 N–H and O–H groups in total. The summed E-state index contributed by atoms with van der Waals surface area (Å²) in [6.07, 6.45) is 4.69. The quantitative estimate of drug-likeness (QED) is 0.889. The van der Waals surface area contributed by atoms with Crippen molar-refractivity contribution in [1.82, 2.24) is 15.1 Å². The average molecular weight is 257 g/mol. The van der Waals surface area contributed by atoms with Crippen LogP contribution < -0.4 is 5.32 Å². The molecule has 1 aliphatic heterocycles. The van der Waals surface area contributed by atoms with E-state index in [9.17, 15) is 0 Å². The van der Waals surface area contributed by atoms with E-state index in [1.54, 1.807) is 0 Å². The first-order chi connectivity index (χ1) is 9.13. The summed E-state index contributed by atoms with van der Waals surface area (Å²) in [6.45, 7) is 7.77. The minimum absolute atomic E-state index is 0.421. The van der Waals surface area contributed by atoms with Gasteiger partial charge in [0.1, 0.15) is 0 Å². The Kier molecular flexibility index (Phi) is 3.31. The number of benzene rings is 1. The maximum absolute atomic E-state index is 4.67. The van der Waals surface area contributed by atoms with Crippen LogP contribution in [0.25, 0.3) is 10.9 Å². The van der Waals surface area contributed by atoms with Gasteiger partial charge in [0.25, 0.3) is 0 Å². The monoisotopic (exact) mass is 257 g/mol. The first-order valence-electron chi connectivity index (χ1n) is 7.35. The van der Waals surface area contributed by atoms with Gasteiger partial charge in [0.15, 0.2) is 0 Å². The van der Waals surface area contributed by atoms with Gasteiger partial charge in [-0.15, -0.1) is 0 Å². The molecule has 102 valence electrons. The maximum atomic E-state index is 4.67. The molecule has 0 aliphatic carbocycles. The van der Waals surface area contributed by atoms with Crippen LogP contribution >= 0.6 is 0 Å². The molecule has 0 radical (unpaired) electrons. The lowest BCUT2D eigenvalue weighted by atomic mass is 9.92.